The van der Waals surface area contributed by atoms with Crippen molar-refractivity contribution in [2.24, 2.45) is 5.73 Å². The predicted octanol–water partition coefficient (Wildman–Crippen LogP) is 0.468. The van der Waals surface area contributed by atoms with Gasteiger partial charge in [-0.1, -0.05) is 0 Å². The van der Waals surface area contributed by atoms with Gasteiger partial charge < -0.3 is 15.3 Å². The van der Waals surface area contributed by atoms with E-state index in [1.165, 1.54) is 12.3 Å². The van der Waals surface area contributed by atoms with E-state index in [2.05, 4.69) is 4.42 Å². The van der Waals surface area contributed by atoms with Crippen LogP contribution in [0.25, 0.3) is 0 Å². The van der Waals surface area contributed by atoms with Crippen molar-refractivity contribution in [1.82, 2.24) is 0 Å². The highest BCUT2D eigenvalue weighted by Crippen LogP contribution is 2.15. The first kappa shape index (κ1) is 8.12. The molecule has 0 bridgehead atoms. The summed E-state index contributed by atoms with van der Waals surface area (Å²) >= 11 is 0. The maximum absolute atomic E-state index is 10.6. The molecule has 1 heterocycles. The first-order chi connectivity index (χ1) is 5.61. The number of hydrogen-bond donors (Lipinski definition) is 3. The second-order valence-corrected chi connectivity index (χ2v) is 1.96. The Bertz CT molecular complexity index is 317. The second kappa shape index (κ2) is 2.95. The molecule has 1 aromatic heterocycles. The number of furan rings is 1. The molecule has 6 heteroatoms. The van der Waals surface area contributed by atoms with Gasteiger partial charge in [0, 0.05) is 6.07 Å². The van der Waals surface area contributed by atoms with Crippen LogP contribution >= 0.6 is 0 Å². The lowest BCUT2D eigenvalue weighted by molar-refractivity contribution is 0.0975. The van der Waals surface area contributed by atoms with Gasteiger partial charge in [-0.3, -0.25) is 10.1 Å². The number of primary amides is 1. The van der Waals surface area contributed by atoms with E-state index in [1.807, 2.05) is 5.32 Å². The number of anilines is 1. The van der Waals surface area contributed by atoms with Crippen molar-refractivity contribution in [3.8, 4) is 0 Å². The maximum atomic E-state index is 10.6. The molecule has 0 aromatic carbocycles. The largest absolute Gasteiger partial charge is 0.465 e. The lowest BCUT2D eigenvalue weighted by Crippen LogP contribution is -2.15. The number of hydrogen-bond acceptors (Lipinski definition) is 3. The quantitative estimate of drug-likeness (QED) is 0.599. The van der Waals surface area contributed by atoms with Gasteiger partial charge in [-0.25, -0.2) is 4.79 Å². The molecule has 1 aromatic rings. The standard InChI is InChI=1S/C6H6N2O4/c7-5(9)4-3(1-2-12-4)8-6(10)11/h1-2,8H,(H2,7,9)(H,10,11). The monoisotopic (exact) mass is 170 g/mol. The number of nitrogens with two attached hydrogens (primary N) is 1. The highest BCUT2D eigenvalue weighted by molar-refractivity contribution is 5.98. The van der Waals surface area contributed by atoms with Crippen LogP contribution in [-0.2, 0) is 0 Å². The van der Waals surface area contributed by atoms with Crippen LogP contribution < -0.4 is 11.1 Å². The normalized spacial score (nSPS) is 9.33. The van der Waals surface area contributed by atoms with Crippen LogP contribution in [0, 0.1) is 0 Å². The molecule has 0 aliphatic rings. The van der Waals surface area contributed by atoms with Crippen molar-refractivity contribution in [2.75, 3.05) is 5.32 Å². The van der Waals surface area contributed by atoms with E-state index >= 15 is 0 Å². The van der Waals surface area contributed by atoms with Gasteiger partial charge in [0.1, 0.15) is 0 Å². The summed E-state index contributed by atoms with van der Waals surface area (Å²) in [5.74, 6) is -1.01. The molecular formula is C6H6N2O4. The van der Waals surface area contributed by atoms with Crippen LogP contribution in [0.4, 0.5) is 10.5 Å². The number of rotatable bonds is 2. The number of carbonyl (C=O) groups is 2. The Kier molecular flexibility index (Phi) is 2.00. The van der Waals surface area contributed by atoms with Gasteiger partial charge in [-0.2, -0.15) is 0 Å². The van der Waals surface area contributed by atoms with E-state index in [1.54, 1.807) is 0 Å². The molecule has 0 atom stereocenters. The van der Waals surface area contributed by atoms with Gasteiger partial charge in [0.25, 0.3) is 5.91 Å². The van der Waals surface area contributed by atoms with Gasteiger partial charge >= 0.3 is 6.09 Å². The van der Waals surface area contributed by atoms with Gasteiger partial charge in [-0.15, -0.1) is 0 Å². The molecule has 0 aliphatic carbocycles. The zero-order valence-electron chi connectivity index (χ0n) is 5.90. The first-order valence-electron chi connectivity index (χ1n) is 2.98. The molecule has 0 spiro atoms. The van der Waals surface area contributed by atoms with Crippen LogP contribution in [0.1, 0.15) is 10.6 Å². The lowest BCUT2D eigenvalue weighted by atomic mass is 10.3. The second-order valence-electron chi connectivity index (χ2n) is 1.96. The Morgan fingerprint density at radius 3 is 2.75 bits per heavy atom. The molecule has 0 radical (unpaired) electrons. The average Bonchev–Trinajstić information content (AvgIpc) is 2.33. The third-order valence-corrected chi connectivity index (χ3v) is 1.13. The van der Waals surface area contributed by atoms with E-state index in [4.69, 9.17) is 10.8 Å². The molecule has 0 aliphatic heterocycles. The van der Waals surface area contributed by atoms with E-state index in [-0.39, 0.29) is 11.4 Å². The minimum atomic E-state index is -1.28. The van der Waals surface area contributed by atoms with Gasteiger partial charge in [0.05, 0.1) is 12.0 Å². The van der Waals surface area contributed by atoms with Crippen LogP contribution in [0.5, 0.6) is 0 Å². The van der Waals surface area contributed by atoms with E-state index in [0.717, 1.165) is 0 Å². The van der Waals surface area contributed by atoms with Crippen LogP contribution in [0.15, 0.2) is 16.7 Å². The van der Waals surface area contributed by atoms with Crippen molar-refractivity contribution < 1.29 is 19.1 Å². The number of carbonyl (C=O) groups excluding carboxylic acids is 1. The molecule has 0 saturated carbocycles. The minimum absolute atomic E-state index is 0.0509. The Morgan fingerprint density at radius 1 is 1.58 bits per heavy atom. The minimum Gasteiger partial charge on any atom is -0.465 e. The van der Waals surface area contributed by atoms with Crippen molar-refractivity contribution in [3.63, 3.8) is 0 Å². The maximum Gasteiger partial charge on any atom is 0.409 e. The highest BCUT2D eigenvalue weighted by atomic mass is 16.4. The topological polar surface area (TPSA) is 106 Å². The molecule has 4 N–H and O–H groups in total. The number of amides is 2. The van der Waals surface area contributed by atoms with E-state index in [9.17, 15) is 9.59 Å². The fraction of sp³-hybridized carbons (Fsp3) is 0. The predicted molar refractivity (Wildman–Crippen MR) is 38.9 cm³/mol. The Balaban J connectivity index is 2.91. The van der Waals surface area contributed by atoms with Crippen molar-refractivity contribution in [1.29, 1.82) is 0 Å². The van der Waals surface area contributed by atoms with E-state index < -0.39 is 12.0 Å². The third-order valence-electron chi connectivity index (χ3n) is 1.13. The SMILES string of the molecule is NC(=O)c1occc1NC(=O)O. The summed E-state index contributed by atoms with van der Waals surface area (Å²) in [6.45, 7) is 0. The molecule has 1 rings (SSSR count). The summed E-state index contributed by atoms with van der Waals surface area (Å²) in [5.41, 5.74) is 4.92. The Morgan fingerprint density at radius 2 is 2.25 bits per heavy atom. The summed E-state index contributed by atoms with van der Waals surface area (Å²) in [7, 11) is 0. The van der Waals surface area contributed by atoms with E-state index in [0.29, 0.717) is 0 Å². The zero-order valence-corrected chi connectivity index (χ0v) is 5.90. The molecule has 12 heavy (non-hydrogen) atoms. The lowest BCUT2D eigenvalue weighted by Gasteiger charge is -1.96. The van der Waals surface area contributed by atoms with Gasteiger partial charge in [0.15, 0.2) is 0 Å². The molecule has 6 nitrogen and oxygen atoms in total. The summed E-state index contributed by atoms with van der Waals surface area (Å²) in [6.07, 6.45) is -0.107. The van der Waals surface area contributed by atoms with Gasteiger partial charge in [0.2, 0.25) is 5.76 Å². The fourth-order valence-electron chi connectivity index (χ4n) is 0.714. The Labute approximate surface area is 67.0 Å². The molecular weight excluding hydrogens is 164 g/mol. The molecule has 2 amide bonds. The molecule has 0 fully saturated rings. The zero-order chi connectivity index (χ0) is 9.14. The first-order valence-corrected chi connectivity index (χ1v) is 2.98. The summed E-state index contributed by atoms with van der Waals surface area (Å²) in [4.78, 5) is 20.7. The molecule has 64 valence electrons. The Hall–Kier alpha value is -1.98. The smallest absolute Gasteiger partial charge is 0.409 e. The average molecular weight is 170 g/mol. The van der Waals surface area contributed by atoms with Gasteiger partial charge in [-0.05, 0) is 0 Å². The number of nitrogens with one attached hydrogen (secondary N) is 1. The van der Waals surface area contributed by atoms with Crippen molar-refractivity contribution >= 4 is 17.7 Å². The highest BCUT2D eigenvalue weighted by Gasteiger charge is 2.13. The summed E-state index contributed by atoms with van der Waals surface area (Å²) in [6, 6.07) is 1.30. The molecule has 0 unspecified atom stereocenters. The van der Waals surface area contributed by atoms with Crippen LogP contribution in [-0.4, -0.2) is 17.1 Å². The van der Waals surface area contributed by atoms with Crippen molar-refractivity contribution in [2.45, 2.75) is 0 Å². The van der Waals surface area contributed by atoms with Crippen molar-refractivity contribution in [3.05, 3.63) is 18.1 Å². The van der Waals surface area contributed by atoms with Crippen LogP contribution in [0.2, 0.25) is 0 Å². The molecule has 0 saturated heterocycles. The summed E-state index contributed by atoms with van der Waals surface area (Å²) < 4.78 is 4.63. The summed E-state index contributed by atoms with van der Waals surface area (Å²) in [5, 5.41) is 10.2. The van der Waals surface area contributed by atoms with Crippen LogP contribution in [0.3, 0.4) is 0 Å². The third kappa shape index (κ3) is 1.54. The number of carboxylic acid groups (broad SMARTS) is 1. The fourth-order valence-corrected chi connectivity index (χ4v) is 0.714.